The fraction of sp³-hybridized carbons (Fsp3) is 0.833. The second kappa shape index (κ2) is 3.83. The molecule has 1 N–H and O–H groups in total. The number of carboxylic acids is 1. The van der Waals surface area contributed by atoms with E-state index in [9.17, 15) is 4.79 Å². The van der Waals surface area contributed by atoms with Crippen molar-refractivity contribution < 1.29 is 9.90 Å². The van der Waals surface area contributed by atoms with Crippen LogP contribution in [0.2, 0.25) is 0 Å². The van der Waals surface area contributed by atoms with E-state index in [2.05, 4.69) is 0 Å². The SMILES string of the molecule is CC(C(=O)O)C(C)C(Cl)(Cl)Cl. The monoisotopic (exact) mass is 218 g/mol. The maximum absolute atomic E-state index is 10.4. The van der Waals surface area contributed by atoms with E-state index in [1.54, 1.807) is 6.92 Å². The van der Waals surface area contributed by atoms with Gasteiger partial charge < -0.3 is 5.11 Å². The smallest absolute Gasteiger partial charge is 0.306 e. The first-order valence-corrected chi connectivity index (χ1v) is 4.19. The molecule has 0 aliphatic carbocycles. The molecule has 11 heavy (non-hydrogen) atoms. The van der Waals surface area contributed by atoms with Crippen molar-refractivity contribution in [2.75, 3.05) is 0 Å². The van der Waals surface area contributed by atoms with Gasteiger partial charge in [-0.2, -0.15) is 0 Å². The van der Waals surface area contributed by atoms with Gasteiger partial charge in [0, 0.05) is 5.92 Å². The zero-order chi connectivity index (χ0) is 9.23. The van der Waals surface area contributed by atoms with Crippen LogP contribution in [0.25, 0.3) is 0 Å². The highest BCUT2D eigenvalue weighted by Crippen LogP contribution is 2.38. The Morgan fingerprint density at radius 3 is 1.82 bits per heavy atom. The average molecular weight is 219 g/mol. The van der Waals surface area contributed by atoms with Crippen molar-refractivity contribution in [3.8, 4) is 0 Å². The molecule has 0 saturated heterocycles. The molecule has 0 saturated carbocycles. The van der Waals surface area contributed by atoms with Crippen molar-refractivity contribution in [3.05, 3.63) is 0 Å². The van der Waals surface area contributed by atoms with E-state index < -0.39 is 21.6 Å². The van der Waals surface area contributed by atoms with Crippen molar-refractivity contribution in [2.45, 2.75) is 17.6 Å². The summed E-state index contributed by atoms with van der Waals surface area (Å²) in [5.41, 5.74) is 0. The summed E-state index contributed by atoms with van der Waals surface area (Å²) in [6.45, 7) is 3.10. The molecule has 0 radical (unpaired) electrons. The molecule has 0 fully saturated rings. The number of carboxylic acid groups (broad SMARTS) is 1. The topological polar surface area (TPSA) is 37.3 Å². The Labute approximate surface area is 80.4 Å². The summed E-state index contributed by atoms with van der Waals surface area (Å²) < 4.78 is -1.50. The molecule has 0 aliphatic heterocycles. The predicted octanol–water partition coefficient (Wildman–Crippen LogP) is 2.71. The molecule has 0 amide bonds. The Balaban J connectivity index is 4.25. The van der Waals surface area contributed by atoms with E-state index in [1.165, 1.54) is 6.92 Å². The van der Waals surface area contributed by atoms with E-state index in [1.807, 2.05) is 0 Å². The molecule has 66 valence electrons. The molecule has 2 atom stereocenters. The lowest BCUT2D eigenvalue weighted by molar-refractivity contribution is -0.142. The summed E-state index contributed by atoms with van der Waals surface area (Å²) in [4.78, 5) is 10.4. The van der Waals surface area contributed by atoms with Crippen LogP contribution < -0.4 is 0 Å². The van der Waals surface area contributed by atoms with Crippen LogP contribution in [0.1, 0.15) is 13.8 Å². The summed E-state index contributed by atoms with van der Waals surface area (Å²) >= 11 is 16.5. The highest BCUT2D eigenvalue weighted by molar-refractivity contribution is 6.67. The molecule has 5 heteroatoms. The summed E-state index contributed by atoms with van der Waals surface area (Å²) in [5, 5.41) is 8.54. The Morgan fingerprint density at radius 1 is 1.36 bits per heavy atom. The zero-order valence-corrected chi connectivity index (χ0v) is 8.41. The Bertz CT molecular complexity index is 152. The van der Waals surface area contributed by atoms with Crippen LogP contribution in [-0.2, 0) is 4.79 Å². The highest BCUT2D eigenvalue weighted by Gasteiger charge is 2.35. The Hall–Kier alpha value is 0.340. The van der Waals surface area contributed by atoms with Crippen LogP contribution in [0, 0.1) is 11.8 Å². The molecule has 0 aliphatic rings. The summed E-state index contributed by atoms with van der Waals surface area (Å²) in [6.07, 6.45) is 0. The van der Waals surface area contributed by atoms with Gasteiger partial charge in [0.05, 0.1) is 5.92 Å². The van der Waals surface area contributed by atoms with Gasteiger partial charge >= 0.3 is 5.97 Å². The Kier molecular flexibility index (Phi) is 3.95. The third kappa shape index (κ3) is 3.50. The minimum atomic E-state index is -1.50. The molecule has 0 spiro atoms. The van der Waals surface area contributed by atoms with Gasteiger partial charge in [-0.15, -0.1) is 0 Å². The molecule has 0 aromatic rings. The predicted molar refractivity (Wildman–Crippen MR) is 46.3 cm³/mol. The summed E-state index contributed by atoms with van der Waals surface area (Å²) in [5.74, 6) is -2.10. The maximum Gasteiger partial charge on any atom is 0.306 e. The number of carbonyl (C=O) groups is 1. The first-order chi connectivity index (χ1) is 4.76. The van der Waals surface area contributed by atoms with E-state index in [4.69, 9.17) is 39.9 Å². The van der Waals surface area contributed by atoms with Gasteiger partial charge in [0.2, 0.25) is 0 Å². The number of hydrogen-bond acceptors (Lipinski definition) is 1. The molecular formula is C6H9Cl3O2. The molecule has 2 nitrogen and oxygen atoms in total. The summed E-state index contributed by atoms with van der Waals surface area (Å²) in [7, 11) is 0. The number of aliphatic carboxylic acids is 1. The quantitative estimate of drug-likeness (QED) is 0.725. The fourth-order valence-corrected chi connectivity index (χ4v) is 1.06. The normalized spacial score (nSPS) is 17.5. The molecule has 0 aromatic heterocycles. The van der Waals surface area contributed by atoms with Gasteiger partial charge in [0.1, 0.15) is 0 Å². The minimum Gasteiger partial charge on any atom is -0.481 e. The number of rotatable bonds is 2. The molecule has 0 heterocycles. The lowest BCUT2D eigenvalue weighted by atomic mass is 9.98. The maximum atomic E-state index is 10.4. The molecule has 2 unspecified atom stereocenters. The first kappa shape index (κ1) is 11.3. The Morgan fingerprint density at radius 2 is 1.73 bits per heavy atom. The van der Waals surface area contributed by atoms with Crippen LogP contribution in [0.15, 0.2) is 0 Å². The molecule has 0 aromatic carbocycles. The van der Waals surface area contributed by atoms with Gasteiger partial charge in [-0.1, -0.05) is 48.7 Å². The van der Waals surface area contributed by atoms with Gasteiger partial charge in [-0.3, -0.25) is 4.79 Å². The van der Waals surface area contributed by atoms with Crippen LogP contribution in [-0.4, -0.2) is 14.9 Å². The van der Waals surface area contributed by atoms with Crippen molar-refractivity contribution >= 4 is 40.8 Å². The van der Waals surface area contributed by atoms with Gasteiger partial charge in [-0.05, 0) is 0 Å². The van der Waals surface area contributed by atoms with Crippen molar-refractivity contribution in [1.82, 2.24) is 0 Å². The lowest BCUT2D eigenvalue weighted by Gasteiger charge is -2.23. The van der Waals surface area contributed by atoms with Crippen LogP contribution in [0.4, 0.5) is 0 Å². The lowest BCUT2D eigenvalue weighted by Crippen LogP contribution is -2.28. The van der Waals surface area contributed by atoms with Crippen LogP contribution >= 0.6 is 34.8 Å². The van der Waals surface area contributed by atoms with Crippen LogP contribution in [0.3, 0.4) is 0 Å². The van der Waals surface area contributed by atoms with Crippen molar-refractivity contribution in [2.24, 2.45) is 11.8 Å². The standard InChI is InChI=1S/C6H9Cl3O2/c1-3(5(10)11)4(2)6(7,8)9/h3-4H,1-2H3,(H,10,11). The average Bonchev–Trinajstić information content (AvgIpc) is 1.82. The van der Waals surface area contributed by atoms with Crippen molar-refractivity contribution in [3.63, 3.8) is 0 Å². The first-order valence-electron chi connectivity index (χ1n) is 3.06. The number of halogens is 3. The minimum absolute atomic E-state index is 0.495. The largest absolute Gasteiger partial charge is 0.481 e. The number of hydrogen-bond donors (Lipinski definition) is 1. The zero-order valence-electron chi connectivity index (χ0n) is 6.14. The molecule has 0 rings (SSSR count). The molecular weight excluding hydrogens is 210 g/mol. The van der Waals surface area contributed by atoms with Crippen LogP contribution in [0.5, 0.6) is 0 Å². The third-order valence-corrected chi connectivity index (χ3v) is 2.69. The third-order valence-electron chi connectivity index (χ3n) is 1.66. The molecule has 0 bridgehead atoms. The van der Waals surface area contributed by atoms with Gasteiger partial charge in [-0.25, -0.2) is 0 Å². The van der Waals surface area contributed by atoms with E-state index in [0.717, 1.165) is 0 Å². The second-order valence-corrected chi connectivity index (χ2v) is 4.83. The van der Waals surface area contributed by atoms with E-state index in [0.29, 0.717) is 0 Å². The highest BCUT2D eigenvalue weighted by atomic mass is 35.6. The van der Waals surface area contributed by atoms with E-state index in [-0.39, 0.29) is 0 Å². The fourth-order valence-electron chi connectivity index (χ4n) is 0.497. The summed E-state index contributed by atoms with van der Waals surface area (Å²) in [6, 6.07) is 0. The van der Waals surface area contributed by atoms with E-state index >= 15 is 0 Å². The van der Waals surface area contributed by atoms with Crippen molar-refractivity contribution in [1.29, 1.82) is 0 Å². The number of alkyl halides is 3. The van der Waals surface area contributed by atoms with Gasteiger partial charge in [0.15, 0.2) is 3.79 Å². The second-order valence-electron chi connectivity index (χ2n) is 2.46. The van der Waals surface area contributed by atoms with Gasteiger partial charge in [0.25, 0.3) is 0 Å².